The minimum absolute atomic E-state index is 0.500. The first-order chi connectivity index (χ1) is 13.4. The number of anilines is 1. The van der Waals surface area contributed by atoms with Gasteiger partial charge in [0, 0.05) is 25.8 Å². The first-order valence-corrected chi connectivity index (χ1v) is 9.37. The number of hydrogen-bond donors (Lipinski definition) is 1. The molecule has 0 saturated carbocycles. The number of likely N-dealkylation sites (N-methyl/N-ethyl adjacent to an activating group) is 1. The molecule has 2 atom stereocenters. The Bertz CT molecular complexity index is 852. The van der Waals surface area contributed by atoms with Crippen molar-refractivity contribution in [3.05, 3.63) is 29.8 Å². The van der Waals surface area contributed by atoms with Gasteiger partial charge in [-0.15, -0.1) is 0 Å². The summed E-state index contributed by atoms with van der Waals surface area (Å²) in [6.45, 7) is 2.78. The third kappa shape index (κ3) is 2.87. The van der Waals surface area contributed by atoms with E-state index in [4.69, 9.17) is 10.1 Å². The van der Waals surface area contributed by atoms with Gasteiger partial charge in [0.2, 0.25) is 5.96 Å². The molecule has 4 rings (SSSR count). The molecule has 0 aromatic heterocycles. The van der Waals surface area contributed by atoms with Crippen molar-refractivity contribution in [1.29, 1.82) is 0 Å². The fourth-order valence-corrected chi connectivity index (χ4v) is 4.03. The highest BCUT2D eigenvalue weighted by Crippen LogP contribution is 2.32. The Kier molecular flexibility index (Phi) is 4.44. The van der Waals surface area contributed by atoms with Crippen LogP contribution in [0.4, 0.5) is 10.5 Å². The first-order valence-electron chi connectivity index (χ1n) is 9.37. The van der Waals surface area contributed by atoms with Crippen LogP contribution in [0.15, 0.2) is 29.3 Å². The van der Waals surface area contributed by atoms with E-state index >= 15 is 0 Å². The number of imide groups is 1. The van der Waals surface area contributed by atoms with Crippen LogP contribution in [0.25, 0.3) is 0 Å². The van der Waals surface area contributed by atoms with Gasteiger partial charge in [0.05, 0.1) is 0 Å². The predicted octanol–water partition coefficient (Wildman–Crippen LogP) is 0.940. The lowest BCUT2D eigenvalue weighted by molar-refractivity contribution is -0.146. The number of carbonyl (C=O) groups excluding carboxylic acids is 2. The van der Waals surface area contributed by atoms with Crippen LogP contribution >= 0.6 is 0 Å². The van der Waals surface area contributed by atoms with Gasteiger partial charge in [0.15, 0.2) is 12.2 Å². The van der Waals surface area contributed by atoms with Gasteiger partial charge in [-0.2, -0.15) is 0 Å². The summed E-state index contributed by atoms with van der Waals surface area (Å²) in [6, 6.07) is 6.79. The number of hydrogen-bond acceptors (Lipinski definition) is 6. The zero-order valence-electron chi connectivity index (χ0n) is 15.9. The van der Waals surface area contributed by atoms with E-state index in [1.54, 1.807) is 7.05 Å². The highest BCUT2D eigenvalue weighted by molar-refractivity contribution is 6.08. The molecule has 3 aliphatic rings. The summed E-state index contributed by atoms with van der Waals surface area (Å²) in [6.07, 6.45) is 1.18. The Hall–Kier alpha value is -3.10. The second-order valence-corrected chi connectivity index (χ2v) is 7.39. The van der Waals surface area contributed by atoms with Gasteiger partial charge in [-0.05, 0) is 31.9 Å². The van der Waals surface area contributed by atoms with E-state index < -0.39 is 36.7 Å². The standard InChI is InChI=1S/C19H23N5O4/c1-12-5-7-13(8-6-12)22-9-3-4-10-23-15-16(20-18(22)23)21(2)19(28)24(17(15)27)11-14(25)26/h5-8,15-16H,3-4,9-11H2,1-2H3,(H,25,26). The normalized spacial score (nSPS) is 24.7. The topological polar surface area (TPSA) is 96.8 Å². The molecule has 148 valence electrons. The number of rotatable bonds is 3. The van der Waals surface area contributed by atoms with E-state index in [1.807, 2.05) is 36.1 Å². The van der Waals surface area contributed by atoms with Crippen molar-refractivity contribution < 1.29 is 19.5 Å². The maximum absolute atomic E-state index is 13.0. The summed E-state index contributed by atoms with van der Waals surface area (Å²) < 4.78 is 0. The van der Waals surface area contributed by atoms with Crippen LogP contribution in [0.2, 0.25) is 0 Å². The molecule has 3 aliphatic heterocycles. The van der Waals surface area contributed by atoms with Gasteiger partial charge in [-0.25, -0.2) is 9.79 Å². The molecular formula is C19H23N5O4. The first kappa shape index (κ1) is 18.3. The second-order valence-electron chi connectivity index (χ2n) is 7.39. The van der Waals surface area contributed by atoms with E-state index in [-0.39, 0.29) is 0 Å². The van der Waals surface area contributed by atoms with Gasteiger partial charge in [-0.3, -0.25) is 14.5 Å². The fraction of sp³-hybridized carbons (Fsp3) is 0.474. The van der Waals surface area contributed by atoms with Crippen LogP contribution in [0.5, 0.6) is 0 Å². The van der Waals surface area contributed by atoms with Crippen LogP contribution < -0.4 is 4.90 Å². The number of carbonyl (C=O) groups is 3. The van der Waals surface area contributed by atoms with E-state index in [0.717, 1.165) is 35.5 Å². The number of urea groups is 1. The summed E-state index contributed by atoms with van der Waals surface area (Å²) in [5.74, 6) is -1.05. The third-order valence-corrected chi connectivity index (χ3v) is 5.48. The minimum atomic E-state index is -1.22. The molecule has 28 heavy (non-hydrogen) atoms. The van der Waals surface area contributed by atoms with E-state index in [1.165, 1.54) is 4.90 Å². The molecule has 1 aromatic carbocycles. The fourth-order valence-electron chi connectivity index (χ4n) is 4.03. The molecule has 0 aliphatic carbocycles. The molecule has 0 spiro atoms. The van der Waals surface area contributed by atoms with Gasteiger partial charge >= 0.3 is 12.0 Å². The molecule has 0 bridgehead atoms. The summed E-state index contributed by atoms with van der Waals surface area (Å²) in [5.41, 5.74) is 2.14. The number of carboxylic acids is 1. The number of amides is 3. The molecule has 3 amide bonds. The summed E-state index contributed by atoms with van der Waals surface area (Å²) in [4.78, 5) is 47.7. The smallest absolute Gasteiger partial charge is 0.328 e. The third-order valence-electron chi connectivity index (χ3n) is 5.48. The SMILES string of the molecule is Cc1ccc(N2CCCCN3C2=NC2C3C(=O)N(CC(=O)O)C(=O)N2C)cc1. The number of benzene rings is 1. The number of aliphatic imine (C=N–C) groups is 1. The van der Waals surface area contributed by atoms with Gasteiger partial charge in [0.25, 0.3) is 5.91 Å². The quantitative estimate of drug-likeness (QED) is 0.832. The van der Waals surface area contributed by atoms with Crippen molar-refractivity contribution in [1.82, 2.24) is 14.7 Å². The monoisotopic (exact) mass is 385 g/mol. The lowest BCUT2D eigenvalue weighted by Crippen LogP contribution is -2.66. The average Bonchev–Trinajstić information content (AvgIpc) is 2.92. The van der Waals surface area contributed by atoms with Crippen LogP contribution in [-0.4, -0.2) is 82.6 Å². The lowest BCUT2D eigenvalue weighted by Gasteiger charge is -2.40. The molecule has 2 unspecified atom stereocenters. The summed E-state index contributed by atoms with van der Waals surface area (Å²) >= 11 is 0. The van der Waals surface area contributed by atoms with Crippen molar-refractivity contribution in [3.63, 3.8) is 0 Å². The molecule has 0 radical (unpaired) electrons. The molecule has 2 saturated heterocycles. The summed E-state index contributed by atoms with van der Waals surface area (Å²) in [5, 5.41) is 9.10. The maximum Gasteiger partial charge on any atom is 0.328 e. The number of fused-ring (bicyclic) bond motifs is 3. The maximum atomic E-state index is 13.0. The Morgan fingerprint density at radius 3 is 2.54 bits per heavy atom. The van der Waals surface area contributed by atoms with Gasteiger partial charge in [0.1, 0.15) is 6.54 Å². The van der Waals surface area contributed by atoms with E-state index in [9.17, 15) is 14.4 Å². The Morgan fingerprint density at radius 2 is 1.86 bits per heavy atom. The highest BCUT2D eigenvalue weighted by Gasteiger charge is 2.53. The van der Waals surface area contributed by atoms with Crippen LogP contribution in [0.1, 0.15) is 18.4 Å². The molecule has 3 heterocycles. The number of aliphatic carboxylic acids is 1. The Labute approximate surface area is 162 Å². The van der Waals surface area contributed by atoms with Crippen LogP contribution in [-0.2, 0) is 9.59 Å². The van der Waals surface area contributed by atoms with Gasteiger partial charge in [-0.1, -0.05) is 17.7 Å². The van der Waals surface area contributed by atoms with E-state index in [0.29, 0.717) is 12.5 Å². The number of carboxylic acid groups (broad SMARTS) is 1. The molecule has 9 heteroatoms. The number of nitrogens with zero attached hydrogens (tertiary/aromatic N) is 5. The van der Waals surface area contributed by atoms with E-state index in [2.05, 4.69) is 4.90 Å². The minimum Gasteiger partial charge on any atom is -0.480 e. The Balaban J connectivity index is 1.71. The van der Waals surface area contributed by atoms with Crippen molar-refractivity contribution in [2.75, 3.05) is 31.6 Å². The molecule has 1 aromatic rings. The summed E-state index contributed by atoms with van der Waals surface area (Å²) in [7, 11) is 1.56. The predicted molar refractivity (Wildman–Crippen MR) is 102 cm³/mol. The molecule has 2 fully saturated rings. The van der Waals surface area contributed by atoms with Crippen molar-refractivity contribution in [2.24, 2.45) is 4.99 Å². The highest BCUT2D eigenvalue weighted by atomic mass is 16.4. The number of guanidine groups is 1. The largest absolute Gasteiger partial charge is 0.480 e. The van der Waals surface area contributed by atoms with Gasteiger partial charge < -0.3 is 19.8 Å². The van der Waals surface area contributed by atoms with Crippen molar-refractivity contribution >= 4 is 29.6 Å². The zero-order valence-corrected chi connectivity index (χ0v) is 15.9. The van der Waals surface area contributed by atoms with Crippen LogP contribution in [0, 0.1) is 6.92 Å². The zero-order chi connectivity index (χ0) is 20.0. The Morgan fingerprint density at radius 1 is 1.18 bits per heavy atom. The molecule has 9 nitrogen and oxygen atoms in total. The number of aryl methyl sites for hydroxylation is 1. The van der Waals surface area contributed by atoms with Crippen molar-refractivity contribution in [3.8, 4) is 0 Å². The van der Waals surface area contributed by atoms with Crippen molar-refractivity contribution in [2.45, 2.75) is 32.0 Å². The second kappa shape index (κ2) is 6.81. The molecule has 1 N–H and O–H groups in total. The van der Waals surface area contributed by atoms with Crippen LogP contribution in [0.3, 0.4) is 0 Å². The lowest BCUT2D eigenvalue weighted by atomic mass is 10.1. The molecular weight excluding hydrogens is 362 g/mol. The average molecular weight is 385 g/mol.